The zero-order valence-corrected chi connectivity index (χ0v) is 15.6. The molecule has 1 N–H and O–H groups in total. The molecule has 8 heteroatoms. The lowest BCUT2D eigenvalue weighted by Gasteiger charge is -2.14. The van der Waals surface area contributed by atoms with Crippen LogP contribution in [0.1, 0.15) is 17.3 Å². The van der Waals surface area contributed by atoms with Gasteiger partial charge in [0.1, 0.15) is 5.75 Å². The molecule has 3 rings (SSSR count). The zero-order valence-electron chi connectivity index (χ0n) is 15.6. The number of hydrogen-bond donors (Lipinski definition) is 1. The Labute approximate surface area is 166 Å². The van der Waals surface area contributed by atoms with Crippen LogP contribution in [0.5, 0.6) is 5.75 Å². The smallest absolute Gasteiger partial charge is 0.338 e. The highest BCUT2D eigenvalue weighted by Crippen LogP contribution is 2.24. The van der Waals surface area contributed by atoms with Gasteiger partial charge in [0.25, 0.3) is 17.7 Å². The molecule has 0 fully saturated rings. The van der Waals surface area contributed by atoms with Gasteiger partial charge in [-0.15, -0.1) is 0 Å². The number of amides is 3. The summed E-state index contributed by atoms with van der Waals surface area (Å²) in [6.07, 6.45) is 2.30. The molecule has 1 aliphatic heterocycles. The number of rotatable bonds is 7. The van der Waals surface area contributed by atoms with Gasteiger partial charge in [-0.25, -0.2) is 9.69 Å². The second-order valence-electron chi connectivity index (χ2n) is 5.95. The van der Waals surface area contributed by atoms with Crippen molar-refractivity contribution in [2.45, 2.75) is 6.92 Å². The summed E-state index contributed by atoms with van der Waals surface area (Å²) in [4.78, 5) is 48.9. The largest absolute Gasteiger partial charge is 0.492 e. The van der Waals surface area contributed by atoms with Gasteiger partial charge in [0, 0.05) is 12.2 Å². The molecular weight excluding hydrogens is 376 g/mol. The summed E-state index contributed by atoms with van der Waals surface area (Å²) in [6, 6.07) is 12.8. The SMILES string of the molecule is CCOc1ccccc1NC(=O)COC(=O)c1cccc(N2C(=O)C=CC2=O)c1. The molecule has 2 aromatic carbocycles. The van der Waals surface area contributed by atoms with Crippen LogP contribution < -0.4 is 15.0 Å². The van der Waals surface area contributed by atoms with Gasteiger partial charge in [0.15, 0.2) is 6.61 Å². The lowest BCUT2D eigenvalue weighted by molar-refractivity contribution is -0.120. The topological polar surface area (TPSA) is 102 Å². The van der Waals surface area contributed by atoms with Crippen LogP contribution in [0.3, 0.4) is 0 Å². The number of nitrogens with zero attached hydrogens (tertiary/aromatic N) is 1. The van der Waals surface area contributed by atoms with Crippen molar-refractivity contribution in [3.05, 3.63) is 66.2 Å². The number of imide groups is 1. The number of anilines is 2. The molecule has 0 unspecified atom stereocenters. The lowest BCUT2D eigenvalue weighted by Crippen LogP contribution is -2.29. The van der Waals surface area contributed by atoms with E-state index in [-0.39, 0.29) is 11.3 Å². The molecule has 0 radical (unpaired) electrons. The number of benzene rings is 2. The quantitative estimate of drug-likeness (QED) is 0.571. The number of carbonyl (C=O) groups excluding carboxylic acids is 4. The maximum Gasteiger partial charge on any atom is 0.338 e. The first-order valence-corrected chi connectivity index (χ1v) is 8.84. The van der Waals surface area contributed by atoms with Crippen molar-refractivity contribution in [2.75, 3.05) is 23.4 Å². The fraction of sp³-hybridized carbons (Fsp3) is 0.143. The summed E-state index contributed by atoms with van der Waals surface area (Å²) in [5.74, 6) is -1.76. The Morgan fingerprint density at radius 3 is 2.45 bits per heavy atom. The van der Waals surface area contributed by atoms with E-state index in [0.717, 1.165) is 17.1 Å². The predicted molar refractivity (Wildman–Crippen MR) is 105 cm³/mol. The number of para-hydroxylation sites is 2. The van der Waals surface area contributed by atoms with Gasteiger partial charge in [-0.3, -0.25) is 14.4 Å². The van der Waals surface area contributed by atoms with E-state index in [2.05, 4.69) is 5.32 Å². The molecule has 3 amide bonds. The molecule has 1 aliphatic rings. The minimum Gasteiger partial charge on any atom is -0.492 e. The van der Waals surface area contributed by atoms with Gasteiger partial charge in [0.05, 0.1) is 23.5 Å². The highest BCUT2D eigenvalue weighted by atomic mass is 16.5. The van der Waals surface area contributed by atoms with Gasteiger partial charge in [-0.05, 0) is 37.3 Å². The molecule has 29 heavy (non-hydrogen) atoms. The van der Waals surface area contributed by atoms with Crippen molar-refractivity contribution in [3.8, 4) is 5.75 Å². The van der Waals surface area contributed by atoms with Crippen molar-refractivity contribution in [2.24, 2.45) is 0 Å². The van der Waals surface area contributed by atoms with E-state index >= 15 is 0 Å². The normalized spacial score (nSPS) is 12.8. The van der Waals surface area contributed by atoms with Crippen molar-refractivity contribution in [1.29, 1.82) is 0 Å². The lowest BCUT2D eigenvalue weighted by atomic mass is 10.2. The molecule has 0 aliphatic carbocycles. The summed E-state index contributed by atoms with van der Waals surface area (Å²) in [5, 5.41) is 2.62. The van der Waals surface area contributed by atoms with Crippen LogP contribution in [0.2, 0.25) is 0 Å². The molecule has 0 spiro atoms. The fourth-order valence-electron chi connectivity index (χ4n) is 2.68. The third-order valence-electron chi connectivity index (χ3n) is 3.94. The number of nitrogens with one attached hydrogen (secondary N) is 1. The molecule has 0 bridgehead atoms. The van der Waals surface area contributed by atoms with Crippen LogP contribution in [0, 0.1) is 0 Å². The minimum absolute atomic E-state index is 0.109. The molecule has 2 aromatic rings. The van der Waals surface area contributed by atoms with Crippen LogP contribution in [0.4, 0.5) is 11.4 Å². The summed E-state index contributed by atoms with van der Waals surface area (Å²) >= 11 is 0. The number of hydrogen-bond acceptors (Lipinski definition) is 6. The number of ether oxygens (including phenoxy) is 2. The molecule has 0 aromatic heterocycles. The monoisotopic (exact) mass is 394 g/mol. The van der Waals surface area contributed by atoms with Gasteiger partial charge in [-0.1, -0.05) is 18.2 Å². The number of carbonyl (C=O) groups is 4. The second kappa shape index (κ2) is 8.83. The van der Waals surface area contributed by atoms with E-state index in [4.69, 9.17) is 9.47 Å². The Kier molecular flexibility index (Phi) is 6.03. The zero-order chi connectivity index (χ0) is 20.8. The van der Waals surface area contributed by atoms with E-state index in [1.54, 1.807) is 24.3 Å². The summed E-state index contributed by atoms with van der Waals surface area (Å²) in [5.41, 5.74) is 0.822. The standard InChI is InChI=1S/C21H18N2O6/c1-2-28-17-9-4-3-8-16(17)22-18(24)13-29-21(27)14-6-5-7-15(12-14)23-19(25)10-11-20(23)26/h3-12H,2,13H2,1H3,(H,22,24). The maximum absolute atomic E-state index is 12.3. The van der Waals surface area contributed by atoms with Crippen LogP contribution in [-0.2, 0) is 19.1 Å². The third kappa shape index (κ3) is 4.67. The number of esters is 1. The molecule has 1 heterocycles. The predicted octanol–water partition coefficient (Wildman–Crippen LogP) is 2.31. The maximum atomic E-state index is 12.3. The Morgan fingerprint density at radius 1 is 1.00 bits per heavy atom. The third-order valence-corrected chi connectivity index (χ3v) is 3.94. The average molecular weight is 394 g/mol. The fourth-order valence-corrected chi connectivity index (χ4v) is 2.68. The van der Waals surface area contributed by atoms with Crippen molar-refractivity contribution in [3.63, 3.8) is 0 Å². The molecule has 0 saturated heterocycles. The molecule has 8 nitrogen and oxygen atoms in total. The highest BCUT2D eigenvalue weighted by molar-refractivity contribution is 6.28. The van der Waals surface area contributed by atoms with E-state index in [1.807, 2.05) is 6.92 Å². The van der Waals surface area contributed by atoms with Gasteiger partial charge in [0.2, 0.25) is 0 Å². The summed E-state index contributed by atoms with van der Waals surface area (Å²) in [6.45, 7) is 1.76. The van der Waals surface area contributed by atoms with E-state index < -0.39 is 30.3 Å². The van der Waals surface area contributed by atoms with Crippen LogP contribution in [0.25, 0.3) is 0 Å². The molecular formula is C21H18N2O6. The summed E-state index contributed by atoms with van der Waals surface area (Å²) < 4.78 is 10.5. The summed E-state index contributed by atoms with van der Waals surface area (Å²) in [7, 11) is 0. The first kappa shape index (κ1) is 19.8. The van der Waals surface area contributed by atoms with Crippen LogP contribution in [-0.4, -0.2) is 36.9 Å². The van der Waals surface area contributed by atoms with E-state index in [9.17, 15) is 19.2 Å². The Bertz CT molecular complexity index is 980. The minimum atomic E-state index is -0.757. The van der Waals surface area contributed by atoms with Gasteiger partial charge in [-0.2, -0.15) is 0 Å². The first-order chi connectivity index (χ1) is 14.0. The van der Waals surface area contributed by atoms with E-state index in [0.29, 0.717) is 18.0 Å². The van der Waals surface area contributed by atoms with Gasteiger partial charge < -0.3 is 14.8 Å². The molecule has 0 atom stereocenters. The van der Waals surface area contributed by atoms with Crippen molar-refractivity contribution in [1.82, 2.24) is 0 Å². The van der Waals surface area contributed by atoms with Crippen LogP contribution >= 0.6 is 0 Å². The first-order valence-electron chi connectivity index (χ1n) is 8.84. The van der Waals surface area contributed by atoms with E-state index in [1.165, 1.54) is 24.3 Å². The molecule has 0 saturated carbocycles. The van der Waals surface area contributed by atoms with Crippen molar-refractivity contribution >= 4 is 35.1 Å². The average Bonchev–Trinajstić information content (AvgIpc) is 3.06. The van der Waals surface area contributed by atoms with Crippen molar-refractivity contribution < 1.29 is 28.7 Å². The Morgan fingerprint density at radius 2 is 1.72 bits per heavy atom. The molecule has 148 valence electrons. The second-order valence-corrected chi connectivity index (χ2v) is 5.95. The Balaban J connectivity index is 1.61. The van der Waals surface area contributed by atoms with Crippen LogP contribution in [0.15, 0.2) is 60.7 Å². The highest BCUT2D eigenvalue weighted by Gasteiger charge is 2.25. The Hall–Kier alpha value is -3.94. The van der Waals surface area contributed by atoms with Gasteiger partial charge >= 0.3 is 5.97 Å².